The Balaban J connectivity index is 1.92. The molecule has 13 heteroatoms. The molecule has 1 aromatic heterocycles. The van der Waals surface area contributed by atoms with Crippen LogP contribution in [-0.2, 0) is 46.5 Å². The van der Waals surface area contributed by atoms with Gasteiger partial charge >= 0.3 is 23.9 Å². The molecule has 1 aromatic carbocycles. The highest BCUT2D eigenvalue weighted by Gasteiger charge is 2.57. The second kappa shape index (κ2) is 18.2. The maximum atomic E-state index is 13.5. The van der Waals surface area contributed by atoms with E-state index in [0.717, 1.165) is 11.0 Å². The summed E-state index contributed by atoms with van der Waals surface area (Å²) in [5.74, 6) is -2.34. The standard InChI is InChI=1S/C40H48N4O9/c1-6-22-52-39(50)25-40(24-38(49)51-5)30-23-29(53-27(3)4)14-15-31(30)43(20-18-36(45)46)34(40)16-12-28(26-41)13-17-35-42(7-2)32-10-8-9-11-33(32)44(35)21-19-37(47)48/h8-17,23,27,30-31H,6-7,18-22,24-25H2,1-5H3,(H-,45,46,47,48)/p+1. The zero-order chi connectivity index (χ0) is 38.7. The number of imidazole rings is 1. The van der Waals surface area contributed by atoms with Crippen molar-refractivity contribution in [3.05, 3.63) is 83.6 Å². The van der Waals surface area contributed by atoms with Crippen molar-refractivity contribution in [2.45, 2.75) is 85.0 Å². The van der Waals surface area contributed by atoms with Gasteiger partial charge in [0.05, 0.1) is 69.7 Å². The van der Waals surface area contributed by atoms with Crippen molar-refractivity contribution >= 4 is 41.0 Å². The topological polar surface area (TPSA) is 172 Å². The summed E-state index contributed by atoms with van der Waals surface area (Å²) in [4.78, 5) is 52.0. The molecule has 13 nitrogen and oxygen atoms in total. The second-order valence-electron chi connectivity index (χ2n) is 13.3. The van der Waals surface area contributed by atoms with Gasteiger partial charge in [-0.1, -0.05) is 25.1 Å². The number of methoxy groups -OCH3 is 1. The highest BCUT2D eigenvalue weighted by molar-refractivity contribution is 5.77. The molecule has 2 aliphatic rings. The summed E-state index contributed by atoms with van der Waals surface area (Å²) in [6.45, 7) is 8.68. The van der Waals surface area contributed by atoms with Crippen LogP contribution in [0.3, 0.4) is 0 Å². The highest BCUT2D eigenvalue weighted by atomic mass is 16.5. The minimum atomic E-state index is -1.26. The van der Waals surface area contributed by atoms with E-state index in [2.05, 4.69) is 6.07 Å². The summed E-state index contributed by atoms with van der Waals surface area (Å²) < 4.78 is 20.7. The largest absolute Gasteiger partial charge is 0.491 e. The van der Waals surface area contributed by atoms with Crippen molar-refractivity contribution in [2.24, 2.45) is 11.3 Å². The van der Waals surface area contributed by atoms with E-state index in [1.807, 2.05) is 84.2 Å². The Morgan fingerprint density at radius 2 is 1.79 bits per heavy atom. The van der Waals surface area contributed by atoms with E-state index in [0.29, 0.717) is 30.2 Å². The van der Waals surface area contributed by atoms with Crippen LogP contribution in [0.4, 0.5) is 0 Å². The Bertz CT molecular complexity index is 1890. The molecule has 282 valence electrons. The fourth-order valence-corrected chi connectivity index (χ4v) is 7.21. The molecular formula is C40H49N4O9+. The number of aryl methyl sites for hydroxylation is 2. The fourth-order valence-electron chi connectivity index (χ4n) is 7.21. The number of likely N-dealkylation sites (tertiary alicyclic amines) is 1. The lowest BCUT2D eigenvalue weighted by Gasteiger charge is -2.34. The van der Waals surface area contributed by atoms with Crippen molar-refractivity contribution < 1.29 is 48.2 Å². The maximum absolute atomic E-state index is 13.5. The molecule has 3 atom stereocenters. The molecule has 2 N–H and O–H groups in total. The first-order chi connectivity index (χ1) is 25.4. The third-order valence-electron chi connectivity index (χ3n) is 9.38. The van der Waals surface area contributed by atoms with Gasteiger partial charge in [-0.25, -0.2) is 9.13 Å². The van der Waals surface area contributed by atoms with Gasteiger partial charge in [-0.3, -0.25) is 19.2 Å². The number of aromatic nitrogens is 2. The summed E-state index contributed by atoms with van der Waals surface area (Å²) >= 11 is 0. The van der Waals surface area contributed by atoms with Crippen molar-refractivity contribution in [2.75, 3.05) is 20.3 Å². The Kier molecular flexibility index (Phi) is 13.8. The molecule has 3 unspecified atom stereocenters. The van der Waals surface area contributed by atoms with Crippen molar-refractivity contribution in [3.8, 4) is 6.07 Å². The third kappa shape index (κ3) is 9.43. The minimum absolute atomic E-state index is 0.0551. The van der Waals surface area contributed by atoms with Gasteiger partial charge in [0.25, 0.3) is 5.82 Å². The molecule has 1 aliphatic carbocycles. The Labute approximate surface area is 309 Å². The molecule has 0 bridgehead atoms. The smallest absolute Gasteiger partial charge is 0.307 e. The molecule has 1 fully saturated rings. The number of nitrogens with zero attached hydrogens (tertiary/aromatic N) is 4. The van der Waals surface area contributed by atoms with Crippen LogP contribution in [0.5, 0.6) is 0 Å². The van der Waals surface area contributed by atoms with E-state index in [1.165, 1.54) is 7.11 Å². The van der Waals surface area contributed by atoms with Gasteiger partial charge in [0.2, 0.25) is 0 Å². The average molecular weight is 730 g/mol. The molecule has 2 heterocycles. The lowest BCUT2D eigenvalue weighted by Crippen LogP contribution is -2.37. The van der Waals surface area contributed by atoms with E-state index in [4.69, 9.17) is 14.2 Å². The first-order valence-electron chi connectivity index (χ1n) is 17.9. The number of carbonyl (C=O) groups excluding carboxylic acids is 2. The summed E-state index contributed by atoms with van der Waals surface area (Å²) in [6, 6.07) is 9.44. The number of nitriles is 1. The number of aliphatic carboxylic acids is 2. The van der Waals surface area contributed by atoms with E-state index in [1.54, 1.807) is 24.3 Å². The third-order valence-corrected chi connectivity index (χ3v) is 9.38. The number of fused-ring (bicyclic) bond motifs is 2. The number of rotatable bonds is 18. The number of carbonyl (C=O) groups is 4. The lowest BCUT2D eigenvalue weighted by atomic mass is 9.67. The van der Waals surface area contributed by atoms with Gasteiger partial charge in [0.15, 0.2) is 11.0 Å². The summed E-state index contributed by atoms with van der Waals surface area (Å²) in [5, 5.41) is 29.5. The van der Waals surface area contributed by atoms with Crippen LogP contribution in [0.1, 0.15) is 65.6 Å². The maximum Gasteiger partial charge on any atom is 0.307 e. The second-order valence-corrected chi connectivity index (χ2v) is 13.3. The Hall–Kier alpha value is -5.64. The van der Waals surface area contributed by atoms with Crippen LogP contribution in [0.2, 0.25) is 0 Å². The molecule has 0 amide bonds. The van der Waals surface area contributed by atoms with Crippen molar-refractivity contribution in [1.29, 1.82) is 5.26 Å². The number of hydrogen-bond acceptors (Lipinski definition) is 9. The van der Waals surface area contributed by atoms with Crippen LogP contribution < -0.4 is 4.57 Å². The SMILES string of the molecule is CCCOC(=O)CC1(CC(=O)OC)C(=CC=C(C#N)C=Cc2n(CC)c3ccccc3[n+]2CCC(=O)O)N(CCC(=O)O)C2C=CC(OC(C)C)=CC21. The van der Waals surface area contributed by atoms with Gasteiger partial charge < -0.3 is 29.3 Å². The predicted octanol–water partition coefficient (Wildman–Crippen LogP) is 5.32. The van der Waals surface area contributed by atoms with Crippen LogP contribution >= 0.6 is 0 Å². The number of hydrogen-bond donors (Lipinski definition) is 2. The van der Waals surface area contributed by atoms with Crippen molar-refractivity contribution in [3.63, 3.8) is 0 Å². The monoisotopic (exact) mass is 729 g/mol. The van der Waals surface area contributed by atoms with E-state index in [9.17, 15) is 34.7 Å². The first kappa shape index (κ1) is 40.1. The number of benzene rings is 1. The van der Waals surface area contributed by atoms with Gasteiger partial charge in [-0.2, -0.15) is 5.26 Å². The molecule has 1 aliphatic heterocycles. The predicted molar refractivity (Wildman–Crippen MR) is 195 cm³/mol. The quantitative estimate of drug-likeness (QED) is 0.0881. The van der Waals surface area contributed by atoms with E-state index in [-0.39, 0.29) is 57.1 Å². The van der Waals surface area contributed by atoms with Gasteiger partial charge in [-0.15, -0.1) is 0 Å². The fraction of sp³-hybridized carbons (Fsp3) is 0.450. The Morgan fingerprint density at radius 1 is 1.08 bits per heavy atom. The summed E-state index contributed by atoms with van der Waals surface area (Å²) in [6.07, 6.45) is 11.9. The van der Waals surface area contributed by atoms with Gasteiger partial charge in [0, 0.05) is 29.7 Å². The van der Waals surface area contributed by atoms with Gasteiger partial charge in [-0.05, 0) is 69.7 Å². The zero-order valence-corrected chi connectivity index (χ0v) is 31.0. The van der Waals surface area contributed by atoms with Gasteiger partial charge in [0.1, 0.15) is 12.3 Å². The van der Waals surface area contributed by atoms with Crippen LogP contribution in [-0.4, -0.2) is 76.0 Å². The van der Waals surface area contributed by atoms with Crippen LogP contribution in [0.25, 0.3) is 17.1 Å². The molecular weight excluding hydrogens is 680 g/mol. The number of allylic oxidation sites excluding steroid dienone is 6. The lowest BCUT2D eigenvalue weighted by molar-refractivity contribution is -0.673. The highest BCUT2D eigenvalue weighted by Crippen LogP contribution is 2.56. The number of para-hydroxylation sites is 2. The molecule has 4 rings (SSSR count). The molecule has 1 saturated heterocycles. The first-order valence-corrected chi connectivity index (χ1v) is 17.9. The molecule has 0 radical (unpaired) electrons. The van der Waals surface area contributed by atoms with Crippen LogP contribution in [0, 0.1) is 22.7 Å². The summed E-state index contributed by atoms with van der Waals surface area (Å²) in [5.41, 5.74) is 1.22. The van der Waals surface area contributed by atoms with E-state index < -0.39 is 41.3 Å². The number of carboxylic acids is 2. The molecule has 2 aromatic rings. The normalized spacial score (nSPS) is 20.5. The molecule has 53 heavy (non-hydrogen) atoms. The molecule has 0 saturated carbocycles. The minimum Gasteiger partial charge on any atom is -0.491 e. The number of carboxylic acid groups (broad SMARTS) is 2. The van der Waals surface area contributed by atoms with E-state index >= 15 is 0 Å². The number of ether oxygens (including phenoxy) is 3. The zero-order valence-electron chi connectivity index (χ0n) is 31.0. The number of esters is 2. The average Bonchev–Trinajstić information content (AvgIpc) is 3.56. The molecule has 0 spiro atoms. The van der Waals surface area contributed by atoms with Crippen LogP contribution in [0.15, 0.2) is 77.8 Å². The summed E-state index contributed by atoms with van der Waals surface area (Å²) in [7, 11) is 1.27. The Morgan fingerprint density at radius 3 is 2.43 bits per heavy atom. The van der Waals surface area contributed by atoms with Crippen molar-refractivity contribution in [1.82, 2.24) is 9.47 Å².